The summed E-state index contributed by atoms with van der Waals surface area (Å²) in [6.45, 7) is 4.93. The van der Waals surface area contributed by atoms with Gasteiger partial charge in [-0.1, -0.05) is 18.3 Å². The highest BCUT2D eigenvalue weighted by atomic mass is 32.2. The van der Waals surface area contributed by atoms with Gasteiger partial charge in [0.2, 0.25) is 0 Å². The molecule has 12 heteroatoms. The molecule has 1 fully saturated rings. The Morgan fingerprint density at radius 1 is 1.28 bits per heavy atom. The topological polar surface area (TPSA) is 124 Å². The number of hydrogen-bond acceptors (Lipinski definition) is 8. The lowest BCUT2D eigenvalue weighted by Gasteiger charge is -2.29. The molecule has 1 aromatic carbocycles. The average molecular weight is 484 g/mol. The van der Waals surface area contributed by atoms with E-state index < -0.39 is 16.1 Å². The molecule has 0 atom stereocenters. The molecule has 0 saturated carbocycles. The Bertz CT molecular complexity index is 1000. The van der Waals surface area contributed by atoms with Crippen molar-refractivity contribution in [3.63, 3.8) is 0 Å². The predicted molar refractivity (Wildman–Crippen MR) is 125 cm³/mol. The number of benzene rings is 1. The van der Waals surface area contributed by atoms with Crippen molar-refractivity contribution in [1.82, 2.24) is 9.71 Å². The number of sulfonamides is 1. The molecule has 1 saturated heterocycles. The van der Waals surface area contributed by atoms with Crippen LogP contribution in [-0.4, -0.2) is 71.0 Å². The van der Waals surface area contributed by atoms with Gasteiger partial charge >= 0.3 is 6.03 Å². The molecule has 2 aromatic rings. The van der Waals surface area contributed by atoms with Crippen LogP contribution in [0.15, 0.2) is 28.5 Å². The minimum Gasteiger partial charge on any atom is -0.396 e. The van der Waals surface area contributed by atoms with Gasteiger partial charge in [-0.2, -0.15) is 0 Å². The molecule has 1 aliphatic heterocycles. The number of morpholine rings is 1. The number of nitrogens with zero attached hydrogens (tertiary/aromatic N) is 3. The molecule has 0 aliphatic carbocycles. The Hall–Kier alpha value is -2.25. The van der Waals surface area contributed by atoms with Gasteiger partial charge < -0.3 is 20.1 Å². The van der Waals surface area contributed by atoms with Crippen molar-refractivity contribution in [1.29, 1.82) is 0 Å². The predicted octanol–water partition coefficient (Wildman–Crippen LogP) is 1.87. The largest absolute Gasteiger partial charge is 0.396 e. The Kier molecular flexibility index (Phi) is 8.43. The summed E-state index contributed by atoms with van der Waals surface area (Å²) in [5.41, 5.74) is 2.06. The van der Waals surface area contributed by atoms with Crippen LogP contribution in [0.4, 0.5) is 21.3 Å². The van der Waals surface area contributed by atoms with E-state index in [0.29, 0.717) is 37.4 Å². The number of aliphatic hydroxyl groups excluding tert-OH is 1. The van der Waals surface area contributed by atoms with Crippen LogP contribution in [0.3, 0.4) is 0 Å². The number of thiazole rings is 1. The van der Waals surface area contributed by atoms with E-state index in [4.69, 9.17) is 4.74 Å². The lowest BCUT2D eigenvalue weighted by Crippen LogP contribution is -2.36. The Morgan fingerprint density at radius 2 is 1.97 bits per heavy atom. The summed E-state index contributed by atoms with van der Waals surface area (Å²) in [5.74, 6) is 0. The summed E-state index contributed by atoms with van der Waals surface area (Å²) in [4.78, 5) is 21.0. The van der Waals surface area contributed by atoms with Crippen LogP contribution >= 0.6 is 11.3 Å². The Labute approximate surface area is 192 Å². The third-order valence-corrected chi connectivity index (χ3v) is 8.09. The lowest BCUT2D eigenvalue weighted by atomic mass is 10.2. The van der Waals surface area contributed by atoms with Crippen LogP contribution in [0.2, 0.25) is 0 Å². The zero-order valence-corrected chi connectivity index (χ0v) is 19.8. The highest BCUT2D eigenvalue weighted by Gasteiger charge is 2.26. The number of anilines is 3. The molecule has 1 aliphatic rings. The second-order valence-corrected chi connectivity index (χ2v) is 10.2. The fourth-order valence-electron chi connectivity index (χ4n) is 3.25. The molecule has 176 valence electrons. The van der Waals surface area contributed by atoms with Gasteiger partial charge in [-0.25, -0.2) is 22.9 Å². The molecular weight excluding hydrogens is 454 g/mol. The number of aliphatic hydroxyl groups is 1. The summed E-state index contributed by atoms with van der Waals surface area (Å²) < 4.78 is 32.5. The van der Waals surface area contributed by atoms with Crippen molar-refractivity contribution in [2.75, 3.05) is 61.6 Å². The number of rotatable bonds is 9. The van der Waals surface area contributed by atoms with Crippen LogP contribution in [0.5, 0.6) is 0 Å². The second-order valence-electron chi connectivity index (χ2n) is 7.10. The van der Waals surface area contributed by atoms with E-state index in [9.17, 15) is 18.3 Å². The maximum atomic E-state index is 13.0. The molecule has 1 aromatic heterocycles. The van der Waals surface area contributed by atoms with E-state index in [1.54, 1.807) is 0 Å². The van der Waals surface area contributed by atoms with E-state index >= 15 is 0 Å². The van der Waals surface area contributed by atoms with Gasteiger partial charge in [-0.3, -0.25) is 4.90 Å². The van der Waals surface area contributed by atoms with Crippen molar-refractivity contribution in [3.05, 3.63) is 30.0 Å². The third-order valence-electron chi connectivity index (χ3n) is 5.01. The first-order chi connectivity index (χ1) is 15.4. The van der Waals surface area contributed by atoms with E-state index in [1.165, 1.54) is 11.9 Å². The zero-order chi connectivity index (χ0) is 23.1. The summed E-state index contributed by atoms with van der Waals surface area (Å²) >= 11 is 0.938. The molecule has 0 radical (unpaired) electrons. The number of aromatic nitrogens is 1. The SMILES string of the molecule is CCc1nc(N(CCCO)C(=O)Nc2ccc(N3CCOCC3)cc2)sc1S(=O)(=O)NC. The van der Waals surface area contributed by atoms with Crippen LogP contribution in [0.25, 0.3) is 0 Å². The molecular formula is C20H29N5O5S2. The minimum absolute atomic E-state index is 0.0918. The normalized spacial score (nSPS) is 14.4. The fraction of sp³-hybridized carbons (Fsp3) is 0.500. The monoisotopic (exact) mass is 483 g/mol. The molecule has 3 N–H and O–H groups in total. The van der Waals surface area contributed by atoms with Crippen molar-refractivity contribution < 1.29 is 23.1 Å². The van der Waals surface area contributed by atoms with E-state index in [-0.39, 0.29) is 22.5 Å². The van der Waals surface area contributed by atoms with Crippen molar-refractivity contribution in [2.45, 2.75) is 24.0 Å². The summed E-state index contributed by atoms with van der Waals surface area (Å²) in [5, 5.41) is 12.4. The Balaban J connectivity index is 1.79. The minimum atomic E-state index is -3.69. The van der Waals surface area contributed by atoms with Crippen molar-refractivity contribution in [3.8, 4) is 0 Å². The molecule has 0 spiro atoms. The van der Waals surface area contributed by atoms with Crippen LogP contribution in [0.1, 0.15) is 19.0 Å². The summed E-state index contributed by atoms with van der Waals surface area (Å²) in [6, 6.07) is 7.08. The summed E-state index contributed by atoms with van der Waals surface area (Å²) in [6.07, 6.45) is 0.740. The Morgan fingerprint density at radius 3 is 2.56 bits per heavy atom. The smallest absolute Gasteiger partial charge is 0.328 e. The number of amides is 2. The van der Waals surface area contributed by atoms with Gasteiger partial charge in [0.15, 0.2) is 9.34 Å². The highest BCUT2D eigenvalue weighted by Crippen LogP contribution is 2.31. The quantitative estimate of drug-likeness (QED) is 0.497. The molecule has 10 nitrogen and oxygen atoms in total. The zero-order valence-electron chi connectivity index (χ0n) is 18.2. The van der Waals surface area contributed by atoms with Gasteiger partial charge in [0, 0.05) is 37.6 Å². The standard InChI is InChI=1S/C20H29N5O5S2/c1-3-17-18(32(28,29)21-2)31-20(23-17)25(9-4-12-26)19(27)22-15-5-7-16(8-6-15)24-10-13-30-14-11-24/h5-8,21,26H,3-4,9-14H2,1-2H3,(H,22,27). The number of urea groups is 1. The maximum absolute atomic E-state index is 13.0. The van der Waals surface area contributed by atoms with Crippen molar-refractivity contribution >= 4 is 43.9 Å². The highest BCUT2D eigenvalue weighted by molar-refractivity contribution is 7.91. The fourth-order valence-corrected chi connectivity index (χ4v) is 5.76. The third kappa shape index (κ3) is 5.75. The van der Waals surface area contributed by atoms with E-state index in [1.807, 2.05) is 31.2 Å². The van der Waals surface area contributed by atoms with Gasteiger partial charge in [0.1, 0.15) is 0 Å². The molecule has 2 heterocycles. The molecule has 2 amide bonds. The maximum Gasteiger partial charge on any atom is 0.328 e. The van der Waals surface area contributed by atoms with Crippen LogP contribution in [0, 0.1) is 0 Å². The number of aryl methyl sites for hydroxylation is 1. The second kappa shape index (κ2) is 11.1. The molecule has 3 rings (SSSR count). The number of carbonyl (C=O) groups is 1. The first kappa shape index (κ1) is 24.4. The van der Waals surface area contributed by atoms with E-state index in [2.05, 4.69) is 19.9 Å². The number of ether oxygens (including phenoxy) is 1. The molecule has 0 bridgehead atoms. The number of nitrogens with one attached hydrogen (secondary N) is 2. The van der Waals surface area contributed by atoms with Gasteiger partial charge in [0.05, 0.1) is 18.9 Å². The number of carbonyl (C=O) groups excluding carboxylic acids is 1. The average Bonchev–Trinajstić information content (AvgIpc) is 3.25. The van der Waals surface area contributed by atoms with Crippen molar-refractivity contribution in [2.24, 2.45) is 0 Å². The number of hydrogen-bond donors (Lipinski definition) is 3. The first-order valence-corrected chi connectivity index (χ1v) is 12.7. The molecule has 0 unspecified atom stereocenters. The van der Waals surface area contributed by atoms with Gasteiger partial charge in [-0.05, 0) is 44.2 Å². The van der Waals surface area contributed by atoms with E-state index in [0.717, 1.165) is 30.1 Å². The van der Waals surface area contributed by atoms with Gasteiger partial charge in [0.25, 0.3) is 10.0 Å². The first-order valence-electron chi connectivity index (χ1n) is 10.4. The van der Waals surface area contributed by atoms with Crippen LogP contribution in [-0.2, 0) is 21.2 Å². The lowest BCUT2D eigenvalue weighted by molar-refractivity contribution is 0.122. The van der Waals surface area contributed by atoms with Gasteiger partial charge in [-0.15, -0.1) is 0 Å². The molecule has 32 heavy (non-hydrogen) atoms. The summed E-state index contributed by atoms with van der Waals surface area (Å²) in [7, 11) is -2.35. The van der Waals surface area contributed by atoms with Crippen LogP contribution < -0.4 is 19.8 Å².